The van der Waals surface area contributed by atoms with Gasteiger partial charge >= 0.3 is 0 Å². The van der Waals surface area contributed by atoms with Crippen molar-refractivity contribution in [1.29, 1.82) is 0 Å². The molecule has 6 heteroatoms. The fourth-order valence-electron chi connectivity index (χ4n) is 1.96. The molecule has 0 aliphatic heterocycles. The van der Waals surface area contributed by atoms with Crippen LogP contribution in [-0.4, -0.2) is 59.3 Å². The van der Waals surface area contributed by atoms with Crippen molar-refractivity contribution < 1.29 is 23.7 Å². The Kier molecular flexibility index (Phi) is 11.6. The summed E-state index contributed by atoms with van der Waals surface area (Å²) in [5.74, 6) is -0.454. The van der Waals surface area contributed by atoms with Gasteiger partial charge in [-0.15, -0.1) is 0 Å². The molecule has 0 fully saturated rings. The van der Waals surface area contributed by atoms with Crippen LogP contribution in [0.1, 0.15) is 11.1 Å². The number of carbonyl (C=O) groups is 1. The van der Waals surface area contributed by atoms with Crippen molar-refractivity contribution in [1.82, 2.24) is 0 Å². The first kappa shape index (κ1) is 20.3. The summed E-state index contributed by atoms with van der Waals surface area (Å²) in [5, 5.41) is 0. The maximum absolute atomic E-state index is 10.8. The average molecular weight is 337 g/mol. The Bertz CT molecular complexity index is 490. The first-order valence-corrected chi connectivity index (χ1v) is 8.01. The van der Waals surface area contributed by atoms with Gasteiger partial charge in [-0.25, -0.2) is 0 Å². The lowest BCUT2D eigenvalue weighted by Crippen LogP contribution is -2.12. The molecule has 0 aromatic heterocycles. The van der Waals surface area contributed by atoms with Crippen molar-refractivity contribution in [3.63, 3.8) is 0 Å². The van der Waals surface area contributed by atoms with Crippen LogP contribution in [0.4, 0.5) is 0 Å². The monoisotopic (exact) mass is 337 g/mol. The molecule has 134 valence electrons. The Morgan fingerprint density at radius 2 is 1.54 bits per heavy atom. The summed E-state index contributed by atoms with van der Waals surface area (Å²) in [4.78, 5) is 10.8. The Labute approximate surface area is 143 Å². The van der Waals surface area contributed by atoms with Crippen LogP contribution in [0.5, 0.6) is 0 Å². The number of methoxy groups -OCH3 is 1. The molecule has 2 N–H and O–H groups in total. The van der Waals surface area contributed by atoms with E-state index in [9.17, 15) is 4.79 Å². The minimum atomic E-state index is -0.454. The number of hydrogen-bond donors (Lipinski definition) is 1. The first-order valence-electron chi connectivity index (χ1n) is 8.01. The summed E-state index contributed by atoms with van der Waals surface area (Å²) < 4.78 is 21.1. The van der Waals surface area contributed by atoms with E-state index in [1.807, 2.05) is 24.3 Å². The van der Waals surface area contributed by atoms with Gasteiger partial charge in [0.15, 0.2) is 0 Å². The predicted molar refractivity (Wildman–Crippen MR) is 92.7 cm³/mol. The van der Waals surface area contributed by atoms with Gasteiger partial charge in [0.2, 0.25) is 5.91 Å². The molecule has 1 rings (SSSR count). The van der Waals surface area contributed by atoms with E-state index in [4.69, 9.17) is 24.7 Å². The second kappa shape index (κ2) is 13.7. The van der Waals surface area contributed by atoms with E-state index >= 15 is 0 Å². The van der Waals surface area contributed by atoms with Crippen molar-refractivity contribution in [3.05, 3.63) is 41.5 Å². The molecule has 0 bridgehead atoms. The molecular formula is C18H27NO5. The molecule has 1 amide bonds. The third-order valence-corrected chi connectivity index (χ3v) is 3.17. The van der Waals surface area contributed by atoms with Gasteiger partial charge in [0.05, 0.1) is 46.2 Å². The third kappa shape index (κ3) is 10.1. The number of hydrogen-bond acceptors (Lipinski definition) is 5. The number of primary amides is 1. The zero-order valence-electron chi connectivity index (χ0n) is 14.2. The van der Waals surface area contributed by atoms with E-state index in [-0.39, 0.29) is 0 Å². The Hall–Kier alpha value is -1.73. The van der Waals surface area contributed by atoms with E-state index in [2.05, 4.69) is 0 Å². The van der Waals surface area contributed by atoms with Gasteiger partial charge in [-0.2, -0.15) is 0 Å². The molecule has 0 heterocycles. The number of rotatable bonds is 14. The molecule has 0 unspecified atom stereocenters. The molecular weight excluding hydrogens is 310 g/mol. The lowest BCUT2D eigenvalue weighted by Gasteiger charge is -2.08. The summed E-state index contributed by atoms with van der Waals surface area (Å²) >= 11 is 0. The molecule has 24 heavy (non-hydrogen) atoms. The Morgan fingerprint density at radius 3 is 2.17 bits per heavy atom. The second-order valence-corrected chi connectivity index (χ2v) is 5.01. The fraction of sp³-hybridized carbons (Fsp3) is 0.500. The van der Waals surface area contributed by atoms with Crippen LogP contribution in [0.25, 0.3) is 6.08 Å². The minimum absolute atomic E-state index is 0.454. The molecule has 0 saturated carbocycles. The van der Waals surface area contributed by atoms with Crippen molar-refractivity contribution in [2.45, 2.75) is 6.42 Å². The highest BCUT2D eigenvalue weighted by molar-refractivity contribution is 5.90. The second-order valence-electron chi connectivity index (χ2n) is 5.01. The molecule has 1 aromatic carbocycles. The fourth-order valence-corrected chi connectivity index (χ4v) is 1.96. The largest absolute Gasteiger partial charge is 0.382 e. The van der Waals surface area contributed by atoms with E-state index < -0.39 is 5.91 Å². The number of amides is 1. The molecule has 0 radical (unpaired) electrons. The van der Waals surface area contributed by atoms with Gasteiger partial charge in [-0.1, -0.05) is 24.3 Å². The van der Waals surface area contributed by atoms with E-state index in [0.29, 0.717) is 46.2 Å². The highest BCUT2D eigenvalue weighted by Gasteiger charge is 1.99. The van der Waals surface area contributed by atoms with E-state index in [1.54, 1.807) is 13.2 Å². The summed E-state index contributed by atoms with van der Waals surface area (Å²) in [7, 11) is 1.64. The quantitative estimate of drug-likeness (QED) is 0.410. The van der Waals surface area contributed by atoms with Gasteiger partial charge in [0.1, 0.15) is 0 Å². The van der Waals surface area contributed by atoms with E-state index in [0.717, 1.165) is 17.5 Å². The predicted octanol–water partition coefficient (Wildman–Crippen LogP) is 1.42. The standard InChI is InChI=1S/C18H27NO5/c1-21-10-11-23-14-15-24-13-12-22-9-8-17-5-3-2-4-16(17)6-7-18(19)20/h2-7H,8-15H2,1H3,(H2,19,20)/b7-6+. The van der Waals surface area contributed by atoms with Crippen molar-refractivity contribution in [3.8, 4) is 0 Å². The first-order chi connectivity index (χ1) is 11.7. The lowest BCUT2D eigenvalue weighted by molar-refractivity contribution is -0.113. The van der Waals surface area contributed by atoms with Crippen molar-refractivity contribution >= 4 is 12.0 Å². The van der Waals surface area contributed by atoms with Crippen molar-refractivity contribution in [2.24, 2.45) is 5.73 Å². The maximum Gasteiger partial charge on any atom is 0.241 e. The lowest BCUT2D eigenvalue weighted by atomic mass is 10.0. The maximum atomic E-state index is 10.8. The molecule has 0 spiro atoms. The van der Waals surface area contributed by atoms with Gasteiger partial charge in [-0.05, 0) is 23.6 Å². The van der Waals surface area contributed by atoms with Crippen LogP contribution < -0.4 is 5.73 Å². The average Bonchev–Trinajstić information content (AvgIpc) is 2.58. The topological polar surface area (TPSA) is 80.0 Å². The summed E-state index contributed by atoms with van der Waals surface area (Å²) in [6.07, 6.45) is 3.85. The number of nitrogens with two attached hydrogens (primary N) is 1. The number of benzene rings is 1. The van der Waals surface area contributed by atoms with Gasteiger partial charge in [-0.3, -0.25) is 4.79 Å². The minimum Gasteiger partial charge on any atom is -0.382 e. The van der Waals surface area contributed by atoms with Crippen LogP contribution in [0.3, 0.4) is 0 Å². The van der Waals surface area contributed by atoms with Gasteiger partial charge < -0.3 is 24.7 Å². The van der Waals surface area contributed by atoms with Crippen LogP contribution in [-0.2, 0) is 30.2 Å². The van der Waals surface area contributed by atoms with Gasteiger partial charge in [0, 0.05) is 13.2 Å². The highest BCUT2D eigenvalue weighted by atomic mass is 16.6. The molecule has 0 aliphatic rings. The summed E-state index contributed by atoms with van der Waals surface area (Å²) in [6.45, 7) is 3.96. The smallest absolute Gasteiger partial charge is 0.241 e. The molecule has 0 atom stereocenters. The number of carbonyl (C=O) groups excluding carboxylic acids is 1. The SMILES string of the molecule is COCCOCCOCCOCCc1ccccc1/C=C/C(N)=O. The number of ether oxygens (including phenoxy) is 4. The van der Waals surface area contributed by atoms with Crippen LogP contribution in [0.2, 0.25) is 0 Å². The van der Waals surface area contributed by atoms with Crippen LogP contribution in [0, 0.1) is 0 Å². The molecule has 0 saturated heterocycles. The normalized spacial score (nSPS) is 11.2. The molecule has 6 nitrogen and oxygen atoms in total. The van der Waals surface area contributed by atoms with Crippen LogP contribution >= 0.6 is 0 Å². The molecule has 1 aromatic rings. The van der Waals surface area contributed by atoms with Crippen molar-refractivity contribution in [2.75, 3.05) is 53.4 Å². The third-order valence-electron chi connectivity index (χ3n) is 3.17. The van der Waals surface area contributed by atoms with Gasteiger partial charge in [0.25, 0.3) is 0 Å². The highest BCUT2D eigenvalue weighted by Crippen LogP contribution is 2.11. The van der Waals surface area contributed by atoms with Crippen LogP contribution in [0.15, 0.2) is 30.3 Å². The Balaban J connectivity index is 2.10. The van der Waals surface area contributed by atoms with E-state index in [1.165, 1.54) is 6.08 Å². The molecule has 0 aliphatic carbocycles. The summed E-state index contributed by atoms with van der Waals surface area (Å²) in [6, 6.07) is 7.84. The zero-order chi connectivity index (χ0) is 17.5. The Morgan fingerprint density at radius 1 is 0.958 bits per heavy atom. The zero-order valence-corrected chi connectivity index (χ0v) is 14.2. The summed E-state index contributed by atoms with van der Waals surface area (Å²) in [5.41, 5.74) is 7.21.